The zero-order valence-corrected chi connectivity index (χ0v) is 12.9. The first-order chi connectivity index (χ1) is 11.3. The lowest BCUT2D eigenvalue weighted by molar-refractivity contribution is 0.0691. The number of anilines is 2. The highest BCUT2D eigenvalue weighted by atomic mass is 32.2. The highest BCUT2D eigenvalue weighted by Crippen LogP contribution is 2.21. The molecule has 0 saturated heterocycles. The molecule has 2 heterocycles. The lowest BCUT2D eigenvalue weighted by Gasteiger charge is -2.11. The molecule has 9 nitrogen and oxygen atoms in total. The summed E-state index contributed by atoms with van der Waals surface area (Å²) in [4.78, 5) is 14.9. The molecule has 2 aromatic rings. The highest BCUT2D eigenvalue weighted by molar-refractivity contribution is 7.92. The largest absolute Gasteiger partial charge is 0.491 e. The molecule has 0 radical (unpaired) electrons. The number of aromatic carboxylic acids is 1. The summed E-state index contributed by atoms with van der Waals surface area (Å²) in [5.41, 5.74) is 6.28. The number of pyridine rings is 1. The van der Waals surface area contributed by atoms with Crippen molar-refractivity contribution in [2.24, 2.45) is 0 Å². The Hall–Kier alpha value is -2.63. The maximum atomic E-state index is 12.4. The summed E-state index contributed by atoms with van der Waals surface area (Å²) in [5, 5.41) is 18.2. The molecule has 1 aromatic heterocycles. The minimum atomic E-state index is -4.26. The van der Waals surface area contributed by atoms with Crippen molar-refractivity contribution in [3.8, 4) is 0 Å². The number of fused-ring (bicyclic) bond motifs is 1. The molecule has 3 rings (SSSR count). The quantitative estimate of drug-likeness (QED) is 0.533. The molecule has 0 spiro atoms. The predicted octanol–water partition coefficient (Wildman–Crippen LogP) is -0.620. The van der Waals surface area contributed by atoms with Crippen LogP contribution in [0.5, 0.6) is 0 Å². The van der Waals surface area contributed by atoms with Crippen molar-refractivity contribution in [2.75, 3.05) is 10.5 Å². The summed E-state index contributed by atoms with van der Waals surface area (Å²) in [6.07, 6.45) is 1.06. The van der Waals surface area contributed by atoms with Crippen LogP contribution in [0.2, 0.25) is 0 Å². The molecule has 24 heavy (non-hydrogen) atoms. The molecular weight excluding hydrogens is 337 g/mol. The maximum Gasteiger partial charge on any atom is 0.491 e. The van der Waals surface area contributed by atoms with Gasteiger partial charge in [0.05, 0.1) is 18.5 Å². The van der Waals surface area contributed by atoms with Crippen LogP contribution in [0, 0.1) is 0 Å². The van der Waals surface area contributed by atoms with Gasteiger partial charge in [0.1, 0.15) is 5.56 Å². The summed E-state index contributed by atoms with van der Waals surface area (Å²) >= 11 is 0. The van der Waals surface area contributed by atoms with Gasteiger partial charge in [0.15, 0.2) is 5.03 Å². The van der Waals surface area contributed by atoms with Crippen LogP contribution in [-0.2, 0) is 21.3 Å². The second-order valence-corrected chi connectivity index (χ2v) is 6.71. The van der Waals surface area contributed by atoms with Gasteiger partial charge in [-0.25, -0.2) is 9.78 Å². The number of carboxylic acid groups (broad SMARTS) is 1. The summed E-state index contributed by atoms with van der Waals surface area (Å²) in [5.74, 6) is -1.46. The summed E-state index contributed by atoms with van der Waals surface area (Å²) in [7, 11) is -5.39. The standard InChI is InChI=1S/C13H12BN3O6S/c15-8-3-10(13(18)19)12(16-5-8)24(21,22)17-9-2-1-7-6-23-14(20)11(7)4-9/h1-5,17,20H,6,15H2,(H,18,19). The number of benzene rings is 1. The van der Waals surface area contributed by atoms with E-state index in [4.69, 9.17) is 15.5 Å². The van der Waals surface area contributed by atoms with Crippen LogP contribution in [0.15, 0.2) is 35.5 Å². The molecule has 0 amide bonds. The SMILES string of the molecule is Nc1cnc(S(=O)(=O)Nc2ccc3c(c2)B(O)OC3)c(C(=O)O)c1. The Morgan fingerprint density at radius 2 is 2.12 bits per heavy atom. The zero-order valence-electron chi connectivity index (χ0n) is 12.1. The van der Waals surface area contributed by atoms with E-state index in [1.54, 1.807) is 6.07 Å². The first-order valence-electron chi connectivity index (χ1n) is 6.72. The highest BCUT2D eigenvalue weighted by Gasteiger charge is 2.29. The van der Waals surface area contributed by atoms with Gasteiger partial charge in [-0.15, -0.1) is 0 Å². The number of carboxylic acids is 1. The first kappa shape index (κ1) is 16.2. The van der Waals surface area contributed by atoms with Crippen LogP contribution in [0.4, 0.5) is 11.4 Å². The number of aromatic nitrogens is 1. The van der Waals surface area contributed by atoms with Crippen molar-refractivity contribution in [2.45, 2.75) is 11.6 Å². The van der Waals surface area contributed by atoms with Crippen LogP contribution in [0.1, 0.15) is 15.9 Å². The lowest BCUT2D eigenvalue weighted by Crippen LogP contribution is -2.28. The number of rotatable bonds is 4. The smallest absolute Gasteiger partial charge is 0.478 e. The number of hydrogen-bond acceptors (Lipinski definition) is 7. The van der Waals surface area contributed by atoms with Gasteiger partial charge in [-0.1, -0.05) is 6.07 Å². The van der Waals surface area contributed by atoms with Crippen molar-refractivity contribution in [1.29, 1.82) is 0 Å². The Bertz CT molecular complexity index is 933. The van der Waals surface area contributed by atoms with E-state index in [1.807, 2.05) is 0 Å². The minimum Gasteiger partial charge on any atom is -0.478 e. The van der Waals surface area contributed by atoms with Crippen molar-refractivity contribution >= 4 is 39.9 Å². The van der Waals surface area contributed by atoms with E-state index in [0.717, 1.165) is 17.8 Å². The number of nitrogens with one attached hydrogen (secondary N) is 1. The van der Waals surface area contributed by atoms with Gasteiger partial charge < -0.3 is 20.5 Å². The average molecular weight is 349 g/mol. The molecule has 5 N–H and O–H groups in total. The molecule has 11 heteroatoms. The third-order valence-corrected chi connectivity index (χ3v) is 4.76. The van der Waals surface area contributed by atoms with Crippen molar-refractivity contribution in [1.82, 2.24) is 4.98 Å². The maximum absolute atomic E-state index is 12.4. The second-order valence-electron chi connectivity index (χ2n) is 5.11. The molecule has 1 aromatic carbocycles. The lowest BCUT2D eigenvalue weighted by atomic mass is 9.79. The van der Waals surface area contributed by atoms with E-state index in [-0.39, 0.29) is 18.0 Å². The molecule has 124 valence electrons. The molecule has 0 fully saturated rings. The first-order valence-corrected chi connectivity index (χ1v) is 8.20. The number of nitrogen functional groups attached to an aromatic ring is 1. The van der Waals surface area contributed by atoms with Crippen molar-refractivity contribution < 1.29 is 28.0 Å². The van der Waals surface area contributed by atoms with Gasteiger partial charge in [0.2, 0.25) is 0 Å². The Kier molecular flexibility index (Phi) is 3.91. The van der Waals surface area contributed by atoms with Crippen molar-refractivity contribution in [3.05, 3.63) is 41.6 Å². The normalized spacial score (nSPS) is 13.6. The fraction of sp³-hybridized carbons (Fsp3) is 0.0769. The van der Waals surface area contributed by atoms with E-state index >= 15 is 0 Å². The van der Waals surface area contributed by atoms with Crippen molar-refractivity contribution in [3.63, 3.8) is 0 Å². The molecule has 0 aliphatic carbocycles. The van der Waals surface area contributed by atoms with Gasteiger partial charge in [0.25, 0.3) is 10.0 Å². The summed E-state index contributed by atoms with van der Waals surface area (Å²) < 4.78 is 32.2. The molecule has 0 atom stereocenters. The zero-order chi connectivity index (χ0) is 17.5. The topological polar surface area (TPSA) is 152 Å². The minimum absolute atomic E-state index is 0.0316. The van der Waals surface area contributed by atoms with E-state index in [0.29, 0.717) is 5.46 Å². The fourth-order valence-electron chi connectivity index (χ4n) is 2.32. The third-order valence-electron chi connectivity index (χ3n) is 3.42. The number of nitrogens with zero attached hydrogens (tertiary/aromatic N) is 1. The van der Waals surface area contributed by atoms with Gasteiger partial charge in [-0.2, -0.15) is 8.42 Å². The summed E-state index contributed by atoms with van der Waals surface area (Å²) in [6.45, 7) is 0.228. The Labute approximate surface area is 137 Å². The number of sulfonamides is 1. The van der Waals surface area contributed by atoms with Gasteiger partial charge >= 0.3 is 13.1 Å². The van der Waals surface area contributed by atoms with Gasteiger partial charge in [0, 0.05) is 5.69 Å². The average Bonchev–Trinajstić information content (AvgIpc) is 2.87. The monoisotopic (exact) mass is 349 g/mol. The van der Waals surface area contributed by atoms with Gasteiger partial charge in [-0.3, -0.25) is 4.72 Å². The molecule has 1 aliphatic rings. The third kappa shape index (κ3) is 2.91. The van der Waals surface area contributed by atoms with Crippen LogP contribution in [0.3, 0.4) is 0 Å². The number of nitrogens with two attached hydrogens (primary N) is 1. The van der Waals surface area contributed by atoms with E-state index < -0.39 is 33.7 Å². The molecule has 0 saturated carbocycles. The van der Waals surface area contributed by atoms with Crippen LogP contribution >= 0.6 is 0 Å². The fourth-order valence-corrected chi connectivity index (χ4v) is 3.48. The van der Waals surface area contributed by atoms with E-state index in [9.17, 15) is 18.2 Å². The Balaban J connectivity index is 1.98. The van der Waals surface area contributed by atoms with Crippen LogP contribution < -0.4 is 15.9 Å². The van der Waals surface area contributed by atoms with Crippen LogP contribution in [0.25, 0.3) is 0 Å². The molecule has 1 aliphatic heterocycles. The van der Waals surface area contributed by atoms with E-state index in [2.05, 4.69) is 9.71 Å². The van der Waals surface area contributed by atoms with Crippen LogP contribution in [-0.4, -0.2) is 36.6 Å². The summed E-state index contributed by atoms with van der Waals surface area (Å²) in [6, 6.07) is 5.53. The molecule has 0 unspecified atom stereocenters. The van der Waals surface area contributed by atoms with Gasteiger partial charge in [-0.05, 0) is 29.2 Å². The molecular formula is C13H12BN3O6S. The molecule has 0 bridgehead atoms. The Morgan fingerprint density at radius 1 is 1.38 bits per heavy atom. The second kappa shape index (κ2) is 5.78. The number of carbonyl (C=O) groups is 1. The predicted molar refractivity (Wildman–Crippen MR) is 85.3 cm³/mol. The Morgan fingerprint density at radius 3 is 2.83 bits per heavy atom. The van der Waals surface area contributed by atoms with E-state index in [1.165, 1.54) is 12.1 Å². The number of hydrogen-bond donors (Lipinski definition) is 4.